The van der Waals surface area contributed by atoms with Crippen molar-refractivity contribution in [3.05, 3.63) is 28.8 Å². The monoisotopic (exact) mass is 284 g/mol. The fraction of sp³-hybridized carbons (Fsp3) is 0.385. The van der Waals surface area contributed by atoms with Gasteiger partial charge in [0.15, 0.2) is 0 Å². The Morgan fingerprint density at radius 2 is 2.22 bits per heavy atom. The van der Waals surface area contributed by atoms with Crippen molar-refractivity contribution in [2.45, 2.75) is 26.7 Å². The molecule has 1 rings (SSSR count). The zero-order valence-corrected chi connectivity index (χ0v) is 12.1. The first kappa shape index (κ1) is 14.9. The summed E-state index contributed by atoms with van der Waals surface area (Å²) in [6.45, 7) is 3.89. The highest BCUT2D eigenvalue weighted by Gasteiger charge is 2.20. The maximum absolute atomic E-state index is 12.0. The van der Waals surface area contributed by atoms with Crippen molar-refractivity contribution >= 4 is 40.4 Å². The summed E-state index contributed by atoms with van der Waals surface area (Å²) >= 11 is 10.9. The molecule has 0 radical (unpaired) electrons. The Hall–Kier alpha value is -1.13. The van der Waals surface area contributed by atoms with Crippen molar-refractivity contribution < 1.29 is 4.79 Å². The van der Waals surface area contributed by atoms with Crippen LogP contribution >= 0.6 is 23.8 Å². The van der Waals surface area contributed by atoms with Gasteiger partial charge in [0.05, 0.1) is 10.9 Å². The molecule has 0 saturated heterocycles. The first-order valence-corrected chi connectivity index (χ1v) is 6.60. The lowest BCUT2D eigenvalue weighted by atomic mass is 10.0. The van der Waals surface area contributed by atoms with Gasteiger partial charge in [-0.25, -0.2) is 0 Å². The van der Waals surface area contributed by atoms with Gasteiger partial charge in [0.25, 0.3) is 0 Å². The van der Waals surface area contributed by atoms with Crippen molar-refractivity contribution in [2.24, 2.45) is 11.7 Å². The minimum atomic E-state index is -0.426. The van der Waals surface area contributed by atoms with Crippen molar-refractivity contribution in [1.29, 1.82) is 0 Å². The average molecular weight is 285 g/mol. The van der Waals surface area contributed by atoms with E-state index in [4.69, 9.17) is 29.6 Å². The summed E-state index contributed by atoms with van der Waals surface area (Å²) in [5.74, 6) is -0.602. The van der Waals surface area contributed by atoms with E-state index < -0.39 is 5.92 Å². The van der Waals surface area contributed by atoms with Gasteiger partial charge in [-0.2, -0.15) is 0 Å². The van der Waals surface area contributed by atoms with E-state index in [0.717, 1.165) is 12.0 Å². The second-order valence-electron chi connectivity index (χ2n) is 4.20. The fourth-order valence-corrected chi connectivity index (χ4v) is 2.00. The summed E-state index contributed by atoms with van der Waals surface area (Å²) in [7, 11) is 0. The third-order valence-electron chi connectivity index (χ3n) is 2.68. The zero-order chi connectivity index (χ0) is 13.7. The summed E-state index contributed by atoms with van der Waals surface area (Å²) in [4.78, 5) is 12.2. The van der Waals surface area contributed by atoms with Crippen LogP contribution in [0, 0.1) is 12.8 Å². The van der Waals surface area contributed by atoms with E-state index >= 15 is 0 Å². The van der Waals surface area contributed by atoms with Gasteiger partial charge in [0.1, 0.15) is 0 Å². The molecule has 1 aromatic rings. The molecule has 3 N–H and O–H groups in total. The zero-order valence-electron chi connectivity index (χ0n) is 10.5. The first-order chi connectivity index (χ1) is 8.45. The first-order valence-electron chi connectivity index (χ1n) is 5.82. The van der Waals surface area contributed by atoms with E-state index in [0.29, 0.717) is 17.1 Å². The van der Waals surface area contributed by atoms with Crippen molar-refractivity contribution in [3.63, 3.8) is 0 Å². The summed E-state index contributed by atoms with van der Waals surface area (Å²) < 4.78 is 0. The molecule has 3 nitrogen and oxygen atoms in total. The highest BCUT2D eigenvalue weighted by molar-refractivity contribution is 7.80. The fourth-order valence-electron chi connectivity index (χ4n) is 1.59. The number of carbonyl (C=O) groups is 1. The van der Waals surface area contributed by atoms with Gasteiger partial charge in [-0.3, -0.25) is 4.79 Å². The molecule has 98 valence electrons. The molecule has 0 aromatic heterocycles. The van der Waals surface area contributed by atoms with Crippen LogP contribution < -0.4 is 11.1 Å². The Kier molecular flexibility index (Phi) is 5.56. The Labute approximate surface area is 118 Å². The van der Waals surface area contributed by atoms with E-state index in [-0.39, 0.29) is 10.9 Å². The predicted molar refractivity (Wildman–Crippen MR) is 80.0 cm³/mol. The van der Waals surface area contributed by atoms with Crippen molar-refractivity contribution in [2.75, 3.05) is 5.32 Å². The van der Waals surface area contributed by atoms with Crippen LogP contribution in [0.3, 0.4) is 0 Å². The Bertz CT molecular complexity index is 462. The van der Waals surface area contributed by atoms with Gasteiger partial charge in [0, 0.05) is 10.7 Å². The number of halogens is 1. The quantitative estimate of drug-likeness (QED) is 0.816. The van der Waals surface area contributed by atoms with Gasteiger partial charge in [0.2, 0.25) is 5.91 Å². The number of amides is 1. The van der Waals surface area contributed by atoms with Gasteiger partial charge in [-0.15, -0.1) is 0 Å². The number of anilines is 1. The van der Waals surface area contributed by atoms with Crippen molar-refractivity contribution in [1.82, 2.24) is 0 Å². The molecule has 18 heavy (non-hydrogen) atoms. The Balaban J connectivity index is 2.79. The number of carbonyl (C=O) groups excluding carboxylic acids is 1. The van der Waals surface area contributed by atoms with E-state index in [1.165, 1.54) is 0 Å². The molecule has 1 unspecified atom stereocenters. The molecule has 0 aliphatic heterocycles. The highest BCUT2D eigenvalue weighted by Crippen LogP contribution is 2.21. The minimum Gasteiger partial charge on any atom is -0.393 e. The molecule has 0 spiro atoms. The number of nitrogens with one attached hydrogen (secondary N) is 1. The number of hydrogen-bond donors (Lipinski definition) is 2. The molecular weight excluding hydrogens is 268 g/mol. The molecule has 0 bridgehead atoms. The van der Waals surface area contributed by atoms with E-state index in [2.05, 4.69) is 5.32 Å². The van der Waals surface area contributed by atoms with E-state index in [1.54, 1.807) is 6.07 Å². The van der Waals surface area contributed by atoms with Crippen LogP contribution in [-0.2, 0) is 4.79 Å². The normalized spacial score (nSPS) is 11.9. The van der Waals surface area contributed by atoms with Crippen LogP contribution in [0.25, 0.3) is 0 Å². The maximum atomic E-state index is 12.0. The summed E-state index contributed by atoms with van der Waals surface area (Å²) in [5.41, 5.74) is 7.20. The third-order valence-corrected chi connectivity index (χ3v) is 3.37. The summed E-state index contributed by atoms with van der Waals surface area (Å²) in [5, 5.41) is 3.41. The van der Waals surface area contributed by atoms with Crippen LogP contribution in [0.2, 0.25) is 5.02 Å². The van der Waals surface area contributed by atoms with Gasteiger partial charge in [-0.05, 0) is 31.0 Å². The standard InChI is InChI=1S/C13H17ClN2OS/c1-3-4-10(12(15)18)13(17)16-9-6-5-8(2)11(14)7-9/h5-7,10H,3-4H2,1-2H3,(H2,15,18)(H,16,17). The number of benzene rings is 1. The molecule has 1 atom stereocenters. The molecule has 0 fully saturated rings. The van der Waals surface area contributed by atoms with Crippen LogP contribution in [0.15, 0.2) is 18.2 Å². The lowest BCUT2D eigenvalue weighted by Crippen LogP contribution is -2.33. The molecule has 0 heterocycles. The third kappa shape index (κ3) is 3.96. The molecule has 5 heteroatoms. The minimum absolute atomic E-state index is 0.177. The summed E-state index contributed by atoms with van der Waals surface area (Å²) in [6.07, 6.45) is 1.50. The number of rotatable bonds is 5. The average Bonchev–Trinajstić information content (AvgIpc) is 2.30. The van der Waals surface area contributed by atoms with Crippen LogP contribution in [0.1, 0.15) is 25.3 Å². The van der Waals surface area contributed by atoms with E-state index in [1.807, 2.05) is 26.0 Å². The second-order valence-corrected chi connectivity index (χ2v) is 5.08. The molecule has 0 aliphatic carbocycles. The number of thiocarbonyl (C=S) groups is 1. The Morgan fingerprint density at radius 3 is 2.72 bits per heavy atom. The highest BCUT2D eigenvalue weighted by atomic mass is 35.5. The maximum Gasteiger partial charge on any atom is 0.234 e. The molecular formula is C13H17ClN2OS. The van der Waals surface area contributed by atoms with Crippen LogP contribution in [0.5, 0.6) is 0 Å². The van der Waals surface area contributed by atoms with Gasteiger partial charge < -0.3 is 11.1 Å². The lowest BCUT2D eigenvalue weighted by Gasteiger charge is -2.15. The lowest BCUT2D eigenvalue weighted by molar-refractivity contribution is -0.118. The van der Waals surface area contributed by atoms with E-state index in [9.17, 15) is 4.79 Å². The molecule has 1 aromatic carbocycles. The number of aryl methyl sites for hydroxylation is 1. The number of nitrogens with two attached hydrogens (primary N) is 1. The number of hydrogen-bond acceptors (Lipinski definition) is 2. The topological polar surface area (TPSA) is 55.1 Å². The molecule has 0 aliphatic rings. The second kappa shape index (κ2) is 6.71. The SMILES string of the molecule is CCCC(C(=O)Nc1ccc(C)c(Cl)c1)C(N)=S. The largest absolute Gasteiger partial charge is 0.393 e. The van der Waals surface area contributed by atoms with Gasteiger partial charge in [-0.1, -0.05) is 43.2 Å². The molecule has 0 saturated carbocycles. The Morgan fingerprint density at radius 1 is 1.56 bits per heavy atom. The molecule has 1 amide bonds. The van der Waals surface area contributed by atoms with Crippen LogP contribution in [0.4, 0.5) is 5.69 Å². The van der Waals surface area contributed by atoms with Gasteiger partial charge >= 0.3 is 0 Å². The summed E-state index contributed by atoms with van der Waals surface area (Å²) in [6, 6.07) is 5.38. The smallest absolute Gasteiger partial charge is 0.234 e. The predicted octanol–water partition coefficient (Wildman–Crippen LogP) is 3.29. The van der Waals surface area contributed by atoms with Crippen molar-refractivity contribution in [3.8, 4) is 0 Å². The van der Waals surface area contributed by atoms with Crippen LogP contribution in [-0.4, -0.2) is 10.9 Å².